The van der Waals surface area contributed by atoms with Gasteiger partial charge in [0.2, 0.25) is 0 Å². The molecule has 0 amide bonds. The lowest BCUT2D eigenvalue weighted by Crippen LogP contribution is -2.18. The number of rotatable bonds is 2. The number of aromatic nitrogens is 6. The fourth-order valence-corrected chi connectivity index (χ4v) is 3.50. The highest BCUT2D eigenvalue weighted by molar-refractivity contribution is 6.38. The van der Waals surface area contributed by atoms with E-state index >= 15 is 0 Å². The molecule has 1 aliphatic carbocycles. The number of pyridine rings is 1. The molecule has 8 heteroatoms. The average molecular weight is 340 g/mol. The second kappa shape index (κ2) is 4.91. The van der Waals surface area contributed by atoms with Gasteiger partial charge in [-0.1, -0.05) is 11.6 Å². The quantitative estimate of drug-likeness (QED) is 0.583. The summed E-state index contributed by atoms with van der Waals surface area (Å²) in [6.07, 6.45) is 6.61. The predicted molar refractivity (Wildman–Crippen MR) is 92.7 cm³/mol. The van der Waals surface area contributed by atoms with E-state index in [-0.39, 0.29) is 0 Å². The van der Waals surface area contributed by atoms with Crippen molar-refractivity contribution in [3.63, 3.8) is 0 Å². The van der Waals surface area contributed by atoms with Crippen molar-refractivity contribution >= 4 is 39.5 Å². The van der Waals surface area contributed by atoms with Crippen LogP contribution in [0.25, 0.3) is 33.5 Å². The maximum atomic E-state index is 6.58. The van der Waals surface area contributed by atoms with E-state index in [2.05, 4.69) is 19.9 Å². The fraction of sp³-hybridized carbons (Fsp3) is 0.250. The molecule has 7 nitrogen and oxygen atoms in total. The Morgan fingerprint density at radius 2 is 2.12 bits per heavy atom. The van der Waals surface area contributed by atoms with E-state index in [4.69, 9.17) is 22.4 Å². The number of fused-ring (bicyclic) bond motifs is 2. The van der Waals surface area contributed by atoms with E-state index in [1.165, 1.54) is 12.7 Å². The lowest BCUT2D eigenvalue weighted by molar-refractivity contribution is 0.296. The summed E-state index contributed by atoms with van der Waals surface area (Å²) in [5.41, 5.74) is 8.99. The number of H-pyrrole nitrogens is 1. The molecule has 3 N–H and O–H groups in total. The van der Waals surface area contributed by atoms with Crippen LogP contribution in [0.4, 0.5) is 5.82 Å². The molecule has 1 saturated carbocycles. The predicted octanol–water partition coefficient (Wildman–Crippen LogP) is 3.33. The zero-order valence-corrected chi connectivity index (χ0v) is 13.5. The Morgan fingerprint density at radius 1 is 1.25 bits per heavy atom. The fourth-order valence-electron chi connectivity index (χ4n) is 3.21. The normalized spacial score (nSPS) is 15.2. The summed E-state index contributed by atoms with van der Waals surface area (Å²) in [5.74, 6) is 0.406. The first kappa shape index (κ1) is 13.7. The van der Waals surface area contributed by atoms with Crippen LogP contribution >= 0.6 is 11.6 Å². The van der Waals surface area contributed by atoms with Crippen LogP contribution < -0.4 is 5.73 Å². The number of hydrogen-bond donors (Lipinski definition) is 2. The van der Waals surface area contributed by atoms with Crippen LogP contribution in [0.1, 0.15) is 25.3 Å². The highest BCUT2D eigenvalue weighted by atomic mass is 35.5. The molecule has 0 unspecified atom stereocenters. The van der Waals surface area contributed by atoms with Gasteiger partial charge in [-0.05, 0) is 31.4 Å². The first-order chi connectivity index (χ1) is 11.7. The number of anilines is 1. The van der Waals surface area contributed by atoms with Gasteiger partial charge in [-0.15, -0.1) is 0 Å². The average Bonchev–Trinajstić information content (AvgIpc) is 3.06. The van der Waals surface area contributed by atoms with Crippen LogP contribution in [0, 0.1) is 0 Å². The zero-order chi connectivity index (χ0) is 16.3. The molecule has 0 aromatic carbocycles. The largest absolute Gasteiger partial charge is 0.383 e. The Kier molecular flexibility index (Phi) is 2.81. The summed E-state index contributed by atoms with van der Waals surface area (Å²) in [6.45, 7) is 0. The van der Waals surface area contributed by atoms with Crippen molar-refractivity contribution in [3.8, 4) is 11.4 Å². The van der Waals surface area contributed by atoms with Crippen LogP contribution in [0.5, 0.6) is 0 Å². The van der Waals surface area contributed by atoms with Gasteiger partial charge in [-0.25, -0.2) is 19.6 Å². The van der Waals surface area contributed by atoms with Crippen LogP contribution in [-0.2, 0) is 0 Å². The molecule has 120 valence electrons. The number of hydrogen-bond acceptors (Lipinski definition) is 5. The van der Waals surface area contributed by atoms with E-state index in [1.807, 2.05) is 16.8 Å². The molecule has 4 heterocycles. The van der Waals surface area contributed by atoms with Crippen molar-refractivity contribution < 1.29 is 0 Å². The molecule has 5 rings (SSSR count). The number of nitrogen functional groups attached to an aromatic ring is 1. The van der Waals surface area contributed by atoms with E-state index < -0.39 is 0 Å². The number of aromatic amines is 1. The number of halogens is 1. The van der Waals surface area contributed by atoms with Crippen molar-refractivity contribution in [3.05, 3.63) is 29.7 Å². The summed E-state index contributed by atoms with van der Waals surface area (Å²) >= 11 is 6.58. The van der Waals surface area contributed by atoms with Crippen molar-refractivity contribution in [2.75, 3.05) is 5.73 Å². The van der Waals surface area contributed by atoms with Gasteiger partial charge in [0.05, 0.1) is 22.1 Å². The van der Waals surface area contributed by atoms with Crippen LogP contribution in [0.2, 0.25) is 5.02 Å². The van der Waals surface area contributed by atoms with Crippen LogP contribution in [0.3, 0.4) is 0 Å². The lowest BCUT2D eigenvalue weighted by atomic mass is 9.93. The maximum absolute atomic E-state index is 6.58. The van der Waals surface area contributed by atoms with Crippen LogP contribution in [-0.4, -0.2) is 29.7 Å². The Bertz CT molecular complexity index is 1080. The molecule has 4 aromatic heterocycles. The Hall–Kier alpha value is -2.67. The number of nitrogens with zero attached hydrogens (tertiary/aromatic N) is 5. The van der Waals surface area contributed by atoms with Gasteiger partial charge in [0.15, 0.2) is 5.65 Å². The number of nitrogens with one attached hydrogen (secondary N) is 1. The highest BCUT2D eigenvalue weighted by Crippen LogP contribution is 2.40. The first-order valence-corrected chi connectivity index (χ1v) is 8.23. The number of nitrogens with two attached hydrogens (primary N) is 1. The summed E-state index contributed by atoms with van der Waals surface area (Å²) in [7, 11) is 0. The van der Waals surface area contributed by atoms with Gasteiger partial charge < -0.3 is 10.7 Å². The van der Waals surface area contributed by atoms with E-state index in [0.29, 0.717) is 28.3 Å². The Labute approximate surface area is 141 Å². The molecule has 4 aromatic rings. The van der Waals surface area contributed by atoms with E-state index in [9.17, 15) is 0 Å². The van der Waals surface area contributed by atoms with Gasteiger partial charge in [0.1, 0.15) is 23.5 Å². The topological polar surface area (TPSA) is 98.3 Å². The zero-order valence-electron chi connectivity index (χ0n) is 12.7. The third kappa shape index (κ3) is 1.78. The van der Waals surface area contributed by atoms with Gasteiger partial charge in [-0.2, -0.15) is 5.10 Å². The standard InChI is InChI=1S/C16H14ClN7/c17-11-9-5-2-6-19-15(9)22-13(11)12-10-14(18)20-7-21-16(10)24(23-12)8-3-1-4-8/h2,5-8H,1,3-4H2,(H,19,22)(H2,18,20,21). The Balaban J connectivity index is 1.83. The second-order valence-electron chi connectivity index (χ2n) is 6.05. The van der Waals surface area contributed by atoms with Gasteiger partial charge in [0, 0.05) is 11.6 Å². The summed E-state index contributed by atoms with van der Waals surface area (Å²) < 4.78 is 1.96. The molecule has 0 bridgehead atoms. The highest BCUT2D eigenvalue weighted by Gasteiger charge is 2.27. The minimum atomic E-state index is 0.358. The summed E-state index contributed by atoms with van der Waals surface area (Å²) in [5, 5.41) is 6.97. The van der Waals surface area contributed by atoms with Crippen molar-refractivity contribution in [2.45, 2.75) is 25.3 Å². The SMILES string of the molecule is Nc1ncnc2c1c(-c1[nH]c3ncccc3c1Cl)nn2C1CCC1. The van der Waals surface area contributed by atoms with Crippen molar-refractivity contribution in [1.29, 1.82) is 0 Å². The Morgan fingerprint density at radius 3 is 2.88 bits per heavy atom. The van der Waals surface area contributed by atoms with Gasteiger partial charge in [0.25, 0.3) is 0 Å². The summed E-state index contributed by atoms with van der Waals surface area (Å²) in [6, 6.07) is 4.14. The van der Waals surface area contributed by atoms with E-state index in [0.717, 1.165) is 34.9 Å². The minimum absolute atomic E-state index is 0.358. The third-order valence-corrected chi connectivity index (χ3v) is 5.08. The molecular weight excluding hydrogens is 326 g/mol. The van der Waals surface area contributed by atoms with E-state index in [1.54, 1.807) is 6.20 Å². The minimum Gasteiger partial charge on any atom is -0.383 e. The molecular formula is C16H14ClN7. The second-order valence-corrected chi connectivity index (χ2v) is 6.43. The molecule has 1 fully saturated rings. The third-order valence-electron chi connectivity index (χ3n) is 4.68. The smallest absolute Gasteiger partial charge is 0.164 e. The molecule has 0 atom stereocenters. The molecule has 0 radical (unpaired) electrons. The van der Waals surface area contributed by atoms with Gasteiger partial charge >= 0.3 is 0 Å². The van der Waals surface area contributed by atoms with Crippen molar-refractivity contribution in [1.82, 2.24) is 29.7 Å². The molecule has 0 saturated heterocycles. The first-order valence-electron chi connectivity index (χ1n) is 7.85. The molecule has 1 aliphatic rings. The van der Waals surface area contributed by atoms with Crippen molar-refractivity contribution in [2.24, 2.45) is 0 Å². The monoisotopic (exact) mass is 339 g/mol. The van der Waals surface area contributed by atoms with Gasteiger partial charge in [-0.3, -0.25) is 0 Å². The maximum Gasteiger partial charge on any atom is 0.164 e. The molecule has 0 spiro atoms. The summed E-state index contributed by atoms with van der Waals surface area (Å²) in [4.78, 5) is 16.1. The van der Waals surface area contributed by atoms with Crippen LogP contribution in [0.15, 0.2) is 24.7 Å². The molecule has 0 aliphatic heterocycles. The molecule has 24 heavy (non-hydrogen) atoms. The lowest BCUT2D eigenvalue weighted by Gasteiger charge is -2.25.